The average Bonchev–Trinajstić information content (AvgIpc) is 2.34. The Morgan fingerprint density at radius 2 is 2.18 bits per heavy atom. The molecule has 0 saturated heterocycles. The molecule has 3 heteroatoms. The lowest BCUT2D eigenvalue weighted by atomic mass is 10.2. The Morgan fingerprint density at radius 3 is 2.55 bits per heavy atom. The molecule has 1 atom stereocenters. The van der Waals surface area contributed by atoms with Crippen molar-refractivity contribution in [3.63, 3.8) is 0 Å². The first kappa shape index (κ1) is 9.23. The Morgan fingerprint density at radius 1 is 1.55 bits per heavy atom. The van der Waals surface area contributed by atoms with Crippen molar-refractivity contribution in [3.05, 3.63) is 20.8 Å². The molecule has 0 fully saturated rings. The molecular weight excluding hydrogens is 222 g/mol. The second kappa shape index (κ2) is 3.70. The molecule has 1 heterocycles. The number of halogens is 1. The molecule has 0 bridgehead atoms. The van der Waals surface area contributed by atoms with E-state index in [4.69, 9.17) is 0 Å². The van der Waals surface area contributed by atoms with E-state index in [9.17, 15) is 0 Å². The Bertz CT molecular complexity index is 232. The fraction of sp³-hybridized carbons (Fsp3) is 0.500. The van der Waals surface area contributed by atoms with Crippen molar-refractivity contribution in [2.45, 2.75) is 13.0 Å². The van der Waals surface area contributed by atoms with E-state index in [-0.39, 0.29) is 0 Å². The van der Waals surface area contributed by atoms with Crippen molar-refractivity contribution in [3.8, 4) is 0 Å². The van der Waals surface area contributed by atoms with Gasteiger partial charge in [-0.25, -0.2) is 0 Å². The van der Waals surface area contributed by atoms with Crippen LogP contribution in [0.5, 0.6) is 0 Å². The molecule has 0 aliphatic carbocycles. The van der Waals surface area contributed by atoms with Gasteiger partial charge in [0.15, 0.2) is 0 Å². The van der Waals surface area contributed by atoms with Crippen LogP contribution in [0.15, 0.2) is 15.2 Å². The number of nitrogens with zero attached hydrogens (tertiary/aromatic N) is 1. The van der Waals surface area contributed by atoms with Gasteiger partial charge < -0.3 is 4.90 Å². The monoisotopic (exact) mass is 233 g/mol. The van der Waals surface area contributed by atoms with Crippen LogP contribution in [0.4, 0.5) is 0 Å². The predicted octanol–water partition coefficient (Wildman–Crippen LogP) is 3.13. The molecule has 1 unspecified atom stereocenters. The molecule has 0 aliphatic heterocycles. The smallest absolute Gasteiger partial charge is 0.0701 e. The van der Waals surface area contributed by atoms with E-state index in [1.54, 1.807) is 11.3 Å². The SMILES string of the molecule is CC(c1csc(Br)c1)N(C)C. The summed E-state index contributed by atoms with van der Waals surface area (Å²) >= 11 is 5.19. The van der Waals surface area contributed by atoms with Gasteiger partial charge in [-0.15, -0.1) is 11.3 Å². The third kappa shape index (κ3) is 2.29. The summed E-state index contributed by atoms with van der Waals surface area (Å²) in [7, 11) is 4.19. The van der Waals surface area contributed by atoms with E-state index in [1.165, 1.54) is 9.35 Å². The number of rotatable bonds is 2. The zero-order valence-electron chi connectivity index (χ0n) is 6.97. The lowest BCUT2D eigenvalue weighted by Crippen LogP contribution is -2.15. The van der Waals surface area contributed by atoms with Crippen molar-refractivity contribution < 1.29 is 0 Å². The van der Waals surface area contributed by atoms with Crippen molar-refractivity contribution in [1.29, 1.82) is 0 Å². The van der Waals surface area contributed by atoms with Gasteiger partial charge in [-0.2, -0.15) is 0 Å². The standard InChI is InChI=1S/C8H12BrNS/c1-6(10(2)3)7-4-8(9)11-5-7/h4-6H,1-3H3. The van der Waals surface area contributed by atoms with Gasteiger partial charge in [-0.1, -0.05) is 0 Å². The summed E-state index contributed by atoms with van der Waals surface area (Å²) in [6.45, 7) is 2.20. The third-order valence-electron chi connectivity index (χ3n) is 1.84. The zero-order chi connectivity index (χ0) is 8.43. The van der Waals surface area contributed by atoms with Crippen LogP contribution in [-0.2, 0) is 0 Å². The van der Waals surface area contributed by atoms with E-state index in [2.05, 4.69) is 53.3 Å². The summed E-state index contributed by atoms with van der Waals surface area (Å²) in [5, 5.41) is 2.19. The van der Waals surface area contributed by atoms with Crippen molar-refractivity contribution in [2.24, 2.45) is 0 Å². The lowest BCUT2D eigenvalue weighted by molar-refractivity contribution is 0.322. The van der Waals surface area contributed by atoms with Gasteiger partial charge in [0, 0.05) is 6.04 Å². The molecule has 0 amide bonds. The molecule has 1 aromatic rings. The highest BCUT2D eigenvalue weighted by atomic mass is 79.9. The molecule has 11 heavy (non-hydrogen) atoms. The minimum Gasteiger partial charge on any atom is -0.303 e. The normalized spacial score (nSPS) is 13.9. The molecule has 0 aromatic carbocycles. The first-order valence-electron chi connectivity index (χ1n) is 3.51. The highest BCUT2D eigenvalue weighted by Gasteiger charge is 2.08. The van der Waals surface area contributed by atoms with Gasteiger partial charge in [0.25, 0.3) is 0 Å². The summed E-state index contributed by atoms with van der Waals surface area (Å²) < 4.78 is 1.21. The van der Waals surface area contributed by atoms with E-state index in [0.29, 0.717) is 6.04 Å². The first-order chi connectivity index (χ1) is 5.11. The Kier molecular flexibility index (Phi) is 3.10. The van der Waals surface area contributed by atoms with Crippen molar-refractivity contribution >= 4 is 27.3 Å². The molecule has 0 spiro atoms. The molecule has 0 aliphatic rings. The van der Waals surface area contributed by atoms with E-state index in [1.807, 2.05) is 0 Å². The van der Waals surface area contributed by atoms with Crippen molar-refractivity contribution in [2.75, 3.05) is 14.1 Å². The van der Waals surface area contributed by atoms with Crippen LogP contribution in [0, 0.1) is 0 Å². The molecule has 62 valence electrons. The van der Waals surface area contributed by atoms with Crippen LogP contribution >= 0.6 is 27.3 Å². The average molecular weight is 234 g/mol. The van der Waals surface area contributed by atoms with Gasteiger partial charge in [0.05, 0.1) is 3.79 Å². The molecule has 0 N–H and O–H groups in total. The minimum absolute atomic E-state index is 0.512. The molecule has 0 radical (unpaired) electrons. The van der Waals surface area contributed by atoms with Crippen molar-refractivity contribution in [1.82, 2.24) is 4.90 Å². The molecule has 0 saturated carbocycles. The second-order valence-corrected chi connectivity index (χ2v) is 5.11. The van der Waals surface area contributed by atoms with Crippen LogP contribution in [0.25, 0.3) is 0 Å². The van der Waals surface area contributed by atoms with E-state index < -0.39 is 0 Å². The summed E-state index contributed by atoms with van der Waals surface area (Å²) in [6, 6.07) is 2.69. The number of thiophene rings is 1. The molecule has 1 aromatic heterocycles. The highest BCUT2D eigenvalue weighted by molar-refractivity contribution is 9.11. The molecule has 1 nitrogen and oxygen atoms in total. The number of hydrogen-bond acceptors (Lipinski definition) is 2. The summed E-state index contributed by atoms with van der Waals surface area (Å²) in [5.74, 6) is 0. The first-order valence-corrected chi connectivity index (χ1v) is 5.19. The fourth-order valence-corrected chi connectivity index (χ4v) is 2.10. The predicted molar refractivity (Wildman–Crippen MR) is 54.1 cm³/mol. The van der Waals surface area contributed by atoms with Crippen LogP contribution in [0.1, 0.15) is 18.5 Å². The Labute approximate surface area is 80.2 Å². The Hall–Kier alpha value is 0.140. The minimum atomic E-state index is 0.512. The largest absolute Gasteiger partial charge is 0.303 e. The molecule has 1 rings (SSSR count). The summed E-state index contributed by atoms with van der Waals surface area (Å²) in [6.07, 6.45) is 0. The molecular formula is C8H12BrNS. The van der Waals surface area contributed by atoms with Gasteiger partial charge >= 0.3 is 0 Å². The lowest BCUT2D eigenvalue weighted by Gasteiger charge is -2.18. The fourth-order valence-electron chi connectivity index (χ4n) is 0.841. The maximum absolute atomic E-state index is 3.45. The maximum atomic E-state index is 3.45. The van der Waals surface area contributed by atoms with Crippen LogP contribution in [-0.4, -0.2) is 19.0 Å². The summed E-state index contributed by atoms with van der Waals surface area (Å²) in [4.78, 5) is 2.20. The van der Waals surface area contributed by atoms with Gasteiger partial charge in [0.1, 0.15) is 0 Å². The van der Waals surface area contributed by atoms with Gasteiger partial charge in [-0.3, -0.25) is 0 Å². The quantitative estimate of drug-likeness (QED) is 0.759. The zero-order valence-corrected chi connectivity index (χ0v) is 9.37. The van der Waals surface area contributed by atoms with Crippen LogP contribution in [0.3, 0.4) is 0 Å². The summed E-state index contributed by atoms with van der Waals surface area (Å²) in [5.41, 5.74) is 1.38. The van der Waals surface area contributed by atoms with Gasteiger partial charge in [0.2, 0.25) is 0 Å². The highest BCUT2D eigenvalue weighted by Crippen LogP contribution is 2.26. The Balaban J connectivity index is 2.76. The van der Waals surface area contributed by atoms with Crippen LogP contribution < -0.4 is 0 Å². The topological polar surface area (TPSA) is 3.24 Å². The number of hydrogen-bond donors (Lipinski definition) is 0. The van der Waals surface area contributed by atoms with Gasteiger partial charge in [-0.05, 0) is 54.0 Å². The van der Waals surface area contributed by atoms with E-state index >= 15 is 0 Å². The van der Waals surface area contributed by atoms with E-state index in [0.717, 1.165) is 0 Å². The third-order valence-corrected chi connectivity index (χ3v) is 3.37. The maximum Gasteiger partial charge on any atom is 0.0701 e. The van der Waals surface area contributed by atoms with Crippen LogP contribution in [0.2, 0.25) is 0 Å². The second-order valence-electron chi connectivity index (χ2n) is 2.82.